The van der Waals surface area contributed by atoms with Gasteiger partial charge in [0.15, 0.2) is 0 Å². The van der Waals surface area contributed by atoms with E-state index in [1.54, 1.807) is 4.90 Å². The third-order valence-corrected chi connectivity index (χ3v) is 4.67. The highest BCUT2D eigenvalue weighted by Crippen LogP contribution is 2.25. The van der Waals surface area contributed by atoms with Crippen LogP contribution in [0.3, 0.4) is 0 Å². The number of nitrogens with one attached hydrogen (secondary N) is 1. The van der Waals surface area contributed by atoms with Gasteiger partial charge in [0.1, 0.15) is 12.1 Å². The van der Waals surface area contributed by atoms with Crippen LogP contribution in [0.1, 0.15) is 32.1 Å². The molecule has 2 N–H and O–H groups in total. The minimum absolute atomic E-state index is 0.0339. The molecule has 134 valence electrons. The molecule has 0 spiro atoms. The molecule has 25 heavy (non-hydrogen) atoms. The predicted molar refractivity (Wildman–Crippen MR) is 90.1 cm³/mol. The number of carbonyl (C=O) groups excluding carboxylic acids is 2. The molecule has 2 saturated heterocycles. The fraction of sp³-hybridized carbons (Fsp3) is 0.500. The molecule has 3 atom stereocenters. The number of aliphatic carboxylic acids is 1. The maximum absolute atomic E-state index is 12.5. The Kier molecular flexibility index (Phi) is 5.33. The molecule has 2 amide bonds. The molecule has 7 heteroatoms. The number of carboxylic acids is 1. The van der Waals surface area contributed by atoms with Crippen molar-refractivity contribution in [3.8, 4) is 0 Å². The molecule has 0 bridgehead atoms. The lowest BCUT2D eigenvalue weighted by Gasteiger charge is -2.18. The molecule has 0 saturated carbocycles. The molecular formula is C18H22N2O5. The number of amides is 2. The second-order valence-corrected chi connectivity index (χ2v) is 6.43. The number of ether oxygens (including phenoxy) is 1. The number of hydrogen-bond donors (Lipinski definition) is 2. The van der Waals surface area contributed by atoms with Gasteiger partial charge in [0, 0.05) is 18.7 Å². The summed E-state index contributed by atoms with van der Waals surface area (Å²) in [6.45, 7) is 0.570. The van der Waals surface area contributed by atoms with E-state index >= 15 is 0 Å². The van der Waals surface area contributed by atoms with E-state index in [9.17, 15) is 14.4 Å². The lowest BCUT2D eigenvalue weighted by molar-refractivity contribution is -0.138. The van der Waals surface area contributed by atoms with Gasteiger partial charge >= 0.3 is 5.97 Å². The zero-order valence-corrected chi connectivity index (χ0v) is 13.9. The Labute approximate surface area is 146 Å². The van der Waals surface area contributed by atoms with Crippen LogP contribution in [0.2, 0.25) is 0 Å². The van der Waals surface area contributed by atoms with Gasteiger partial charge in [-0.25, -0.2) is 0 Å². The second-order valence-electron chi connectivity index (χ2n) is 6.43. The van der Waals surface area contributed by atoms with Gasteiger partial charge in [-0.15, -0.1) is 0 Å². The van der Waals surface area contributed by atoms with Crippen LogP contribution in [0.15, 0.2) is 30.3 Å². The van der Waals surface area contributed by atoms with E-state index in [2.05, 4.69) is 5.32 Å². The first-order valence-electron chi connectivity index (χ1n) is 8.58. The quantitative estimate of drug-likeness (QED) is 0.810. The Hall–Kier alpha value is -2.41. The van der Waals surface area contributed by atoms with Crippen molar-refractivity contribution in [1.29, 1.82) is 0 Å². The van der Waals surface area contributed by atoms with Crippen LogP contribution < -0.4 is 10.2 Å². The molecule has 7 nitrogen and oxygen atoms in total. The monoisotopic (exact) mass is 346 g/mol. The number of para-hydroxylation sites is 1. The summed E-state index contributed by atoms with van der Waals surface area (Å²) >= 11 is 0. The molecule has 1 aromatic carbocycles. The van der Waals surface area contributed by atoms with E-state index in [1.807, 2.05) is 30.3 Å². The van der Waals surface area contributed by atoms with Gasteiger partial charge in [0.2, 0.25) is 11.8 Å². The highest BCUT2D eigenvalue weighted by atomic mass is 16.5. The number of hydrogen-bond acceptors (Lipinski definition) is 4. The Morgan fingerprint density at radius 1 is 1.20 bits per heavy atom. The van der Waals surface area contributed by atoms with E-state index in [4.69, 9.17) is 9.84 Å². The number of nitrogens with zero attached hydrogens (tertiary/aromatic N) is 1. The topological polar surface area (TPSA) is 95.9 Å². The van der Waals surface area contributed by atoms with Crippen LogP contribution in [0.5, 0.6) is 0 Å². The summed E-state index contributed by atoms with van der Waals surface area (Å²) in [5, 5.41) is 11.5. The van der Waals surface area contributed by atoms with E-state index < -0.39 is 18.1 Å². The zero-order valence-electron chi connectivity index (χ0n) is 13.9. The van der Waals surface area contributed by atoms with Crippen LogP contribution in [-0.2, 0) is 19.1 Å². The predicted octanol–water partition coefficient (Wildman–Crippen LogP) is 1.32. The van der Waals surface area contributed by atoms with Crippen LogP contribution in [0, 0.1) is 0 Å². The molecule has 2 aliphatic rings. The summed E-state index contributed by atoms with van der Waals surface area (Å²) in [4.78, 5) is 37.1. The van der Waals surface area contributed by atoms with E-state index in [-0.39, 0.29) is 24.3 Å². The summed E-state index contributed by atoms with van der Waals surface area (Å²) < 4.78 is 5.63. The minimum atomic E-state index is -0.867. The second kappa shape index (κ2) is 7.65. The first-order valence-corrected chi connectivity index (χ1v) is 8.58. The van der Waals surface area contributed by atoms with Crippen LogP contribution >= 0.6 is 0 Å². The average molecular weight is 346 g/mol. The number of anilines is 1. The molecule has 2 aliphatic heterocycles. The number of carboxylic acid groups (broad SMARTS) is 1. The SMILES string of the molecule is O=C(O)CC[C@@H]1CC[C@H](C(=O)NC2CCN(c3ccccc3)C2=O)O1. The van der Waals surface area contributed by atoms with Crippen LogP contribution in [0.4, 0.5) is 5.69 Å². The first kappa shape index (κ1) is 17.4. The maximum Gasteiger partial charge on any atom is 0.303 e. The lowest BCUT2D eigenvalue weighted by atomic mass is 10.1. The Balaban J connectivity index is 1.51. The molecule has 2 heterocycles. The van der Waals surface area contributed by atoms with Gasteiger partial charge < -0.3 is 20.1 Å². The van der Waals surface area contributed by atoms with Crippen molar-refractivity contribution in [3.05, 3.63) is 30.3 Å². The Morgan fingerprint density at radius 2 is 1.96 bits per heavy atom. The molecule has 0 aromatic heterocycles. The fourth-order valence-electron chi connectivity index (χ4n) is 3.34. The molecule has 1 aromatic rings. The van der Waals surface area contributed by atoms with Crippen molar-refractivity contribution in [2.45, 2.75) is 50.4 Å². The van der Waals surface area contributed by atoms with Crippen molar-refractivity contribution < 1.29 is 24.2 Å². The van der Waals surface area contributed by atoms with Gasteiger partial charge in [0.05, 0.1) is 6.10 Å². The minimum Gasteiger partial charge on any atom is -0.481 e. The van der Waals surface area contributed by atoms with Gasteiger partial charge in [-0.3, -0.25) is 14.4 Å². The normalized spacial score (nSPS) is 26.0. The van der Waals surface area contributed by atoms with Gasteiger partial charge in [-0.1, -0.05) is 18.2 Å². The Bertz CT molecular complexity index is 648. The van der Waals surface area contributed by atoms with Gasteiger partial charge in [-0.05, 0) is 37.8 Å². The molecule has 0 aliphatic carbocycles. The van der Waals surface area contributed by atoms with E-state index in [0.29, 0.717) is 32.2 Å². The molecular weight excluding hydrogens is 324 g/mol. The molecule has 3 rings (SSSR count). The van der Waals surface area contributed by atoms with Crippen molar-refractivity contribution in [1.82, 2.24) is 5.32 Å². The largest absolute Gasteiger partial charge is 0.481 e. The third-order valence-electron chi connectivity index (χ3n) is 4.67. The average Bonchev–Trinajstić information content (AvgIpc) is 3.21. The summed E-state index contributed by atoms with van der Waals surface area (Å²) in [6.07, 6.45) is 1.42. The number of rotatable bonds is 6. The van der Waals surface area contributed by atoms with E-state index in [1.165, 1.54) is 0 Å². The van der Waals surface area contributed by atoms with Crippen LogP contribution in [-0.4, -0.2) is 47.7 Å². The van der Waals surface area contributed by atoms with Crippen molar-refractivity contribution >= 4 is 23.5 Å². The smallest absolute Gasteiger partial charge is 0.303 e. The van der Waals surface area contributed by atoms with E-state index in [0.717, 1.165) is 5.69 Å². The summed E-state index contributed by atoms with van der Waals surface area (Å²) in [5.41, 5.74) is 0.829. The lowest BCUT2D eigenvalue weighted by Crippen LogP contribution is -2.45. The Morgan fingerprint density at radius 3 is 2.68 bits per heavy atom. The van der Waals surface area contributed by atoms with Gasteiger partial charge in [-0.2, -0.15) is 0 Å². The van der Waals surface area contributed by atoms with Gasteiger partial charge in [0.25, 0.3) is 0 Å². The van der Waals surface area contributed by atoms with Crippen LogP contribution in [0.25, 0.3) is 0 Å². The molecule has 2 fully saturated rings. The number of carbonyl (C=O) groups is 3. The molecule has 1 unspecified atom stereocenters. The fourth-order valence-corrected chi connectivity index (χ4v) is 3.34. The summed E-state index contributed by atoms with van der Waals surface area (Å²) in [7, 11) is 0. The maximum atomic E-state index is 12.5. The number of benzene rings is 1. The van der Waals surface area contributed by atoms with Crippen molar-refractivity contribution in [2.24, 2.45) is 0 Å². The van der Waals surface area contributed by atoms with Crippen molar-refractivity contribution in [3.63, 3.8) is 0 Å². The summed E-state index contributed by atoms with van der Waals surface area (Å²) in [5.74, 6) is -1.26. The zero-order chi connectivity index (χ0) is 17.8. The first-order chi connectivity index (χ1) is 12.0. The third kappa shape index (κ3) is 4.17. The van der Waals surface area contributed by atoms with Crippen molar-refractivity contribution in [2.75, 3.05) is 11.4 Å². The molecule has 0 radical (unpaired) electrons. The highest BCUT2D eigenvalue weighted by Gasteiger charge is 2.37. The highest BCUT2D eigenvalue weighted by molar-refractivity contribution is 6.01. The summed E-state index contributed by atoms with van der Waals surface area (Å²) in [6, 6.07) is 8.84. The standard InChI is InChI=1S/C18H22N2O5/c21-16(22)9-7-13-6-8-15(25-13)17(23)19-14-10-11-20(18(14)24)12-4-2-1-3-5-12/h1-5,13-15H,6-11H2,(H,19,23)(H,21,22)/t13-,14?,15+/m0/s1.